The topological polar surface area (TPSA) is 30.5 Å². The molecule has 3 atom stereocenters. The van der Waals surface area contributed by atoms with Crippen LogP contribution in [0.2, 0.25) is 0 Å². The molecule has 0 fully saturated rings. The molecule has 5 rings (SSSR count). The lowest BCUT2D eigenvalue weighted by atomic mass is 9.76. The predicted molar refractivity (Wildman–Crippen MR) is 90.1 cm³/mol. The van der Waals surface area contributed by atoms with E-state index in [4.69, 9.17) is 9.47 Å². The largest absolute Gasteiger partial charge is 0.454 e. The van der Waals surface area contributed by atoms with Gasteiger partial charge in [-0.2, -0.15) is 0 Å². The summed E-state index contributed by atoms with van der Waals surface area (Å²) < 4.78 is 11.0. The number of ether oxygens (including phenoxy) is 2. The van der Waals surface area contributed by atoms with Gasteiger partial charge in [-0.25, -0.2) is 0 Å². The zero-order valence-electron chi connectivity index (χ0n) is 13.1. The highest BCUT2D eigenvalue weighted by atomic mass is 16.7. The molecule has 0 spiro atoms. The summed E-state index contributed by atoms with van der Waals surface area (Å²) in [5, 5.41) is 3.77. The normalized spacial score (nSPS) is 26.6. The van der Waals surface area contributed by atoms with Gasteiger partial charge in [0.2, 0.25) is 6.79 Å². The summed E-state index contributed by atoms with van der Waals surface area (Å²) in [6.07, 6.45) is 5.82. The molecule has 116 valence electrons. The highest BCUT2D eigenvalue weighted by Crippen LogP contribution is 2.50. The van der Waals surface area contributed by atoms with Crippen LogP contribution in [0.4, 0.5) is 5.69 Å². The number of anilines is 1. The van der Waals surface area contributed by atoms with Crippen molar-refractivity contribution >= 4 is 5.69 Å². The fourth-order valence-electron chi connectivity index (χ4n) is 4.15. The van der Waals surface area contributed by atoms with Crippen LogP contribution in [-0.2, 0) is 0 Å². The van der Waals surface area contributed by atoms with E-state index in [0.717, 1.165) is 17.9 Å². The fraction of sp³-hybridized carbons (Fsp3) is 0.300. The maximum Gasteiger partial charge on any atom is 0.231 e. The Bertz CT molecular complexity index is 811. The summed E-state index contributed by atoms with van der Waals surface area (Å²) in [5.74, 6) is 2.77. The number of rotatable bonds is 1. The molecule has 2 heterocycles. The van der Waals surface area contributed by atoms with Gasteiger partial charge in [0, 0.05) is 11.6 Å². The van der Waals surface area contributed by atoms with Crippen molar-refractivity contribution in [1.82, 2.24) is 0 Å². The maximum atomic E-state index is 5.56. The molecule has 0 bridgehead atoms. The molecule has 2 aromatic carbocycles. The van der Waals surface area contributed by atoms with Crippen LogP contribution in [-0.4, -0.2) is 6.79 Å². The van der Waals surface area contributed by atoms with Gasteiger partial charge in [0.15, 0.2) is 11.5 Å². The third-order valence-corrected chi connectivity index (χ3v) is 5.27. The minimum absolute atomic E-state index is 0.305. The lowest BCUT2D eigenvalue weighted by molar-refractivity contribution is 0.174. The third-order valence-electron chi connectivity index (χ3n) is 5.27. The second-order valence-corrected chi connectivity index (χ2v) is 6.68. The SMILES string of the molecule is Cc1ccc2c(c1)[C@@H]1C=CC[C@@H]1[C@H](c1ccc3c(c1)OCO3)N2. The summed E-state index contributed by atoms with van der Waals surface area (Å²) in [6.45, 7) is 2.49. The van der Waals surface area contributed by atoms with Crippen LogP contribution >= 0.6 is 0 Å². The second-order valence-electron chi connectivity index (χ2n) is 6.68. The van der Waals surface area contributed by atoms with Gasteiger partial charge in [-0.15, -0.1) is 0 Å². The first-order valence-electron chi connectivity index (χ1n) is 8.23. The third kappa shape index (κ3) is 1.96. The summed E-state index contributed by atoms with van der Waals surface area (Å²) in [7, 11) is 0. The van der Waals surface area contributed by atoms with E-state index in [1.807, 2.05) is 6.07 Å². The Morgan fingerprint density at radius 1 is 1.04 bits per heavy atom. The second kappa shape index (κ2) is 4.79. The number of allylic oxidation sites excluding steroid dienone is 2. The van der Waals surface area contributed by atoms with E-state index in [9.17, 15) is 0 Å². The highest BCUT2D eigenvalue weighted by Gasteiger charge is 2.38. The van der Waals surface area contributed by atoms with E-state index in [2.05, 4.69) is 54.7 Å². The zero-order valence-corrected chi connectivity index (χ0v) is 13.1. The minimum atomic E-state index is 0.305. The van der Waals surface area contributed by atoms with E-state index in [-0.39, 0.29) is 0 Å². The first-order valence-corrected chi connectivity index (χ1v) is 8.23. The summed E-state index contributed by atoms with van der Waals surface area (Å²) in [5.41, 5.74) is 5.29. The van der Waals surface area contributed by atoms with E-state index in [1.54, 1.807) is 0 Å². The summed E-state index contributed by atoms with van der Waals surface area (Å²) in [6, 6.07) is 13.4. The molecule has 0 radical (unpaired) electrons. The molecule has 0 amide bonds. The minimum Gasteiger partial charge on any atom is -0.454 e. The van der Waals surface area contributed by atoms with Crippen LogP contribution in [0.3, 0.4) is 0 Å². The first kappa shape index (κ1) is 13.1. The van der Waals surface area contributed by atoms with Crippen molar-refractivity contribution < 1.29 is 9.47 Å². The van der Waals surface area contributed by atoms with Crippen LogP contribution in [0.1, 0.15) is 35.1 Å². The molecule has 1 N–H and O–H groups in total. The van der Waals surface area contributed by atoms with Gasteiger partial charge in [0.1, 0.15) is 0 Å². The van der Waals surface area contributed by atoms with Crippen molar-refractivity contribution in [2.24, 2.45) is 5.92 Å². The monoisotopic (exact) mass is 305 g/mol. The quantitative estimate of drug-likeness (QED) is 0.784. The average molecular weight is 305 g/mol. The number of nitrogens with one attached hydrogen (secondary N) is 1. The van der Waals surface area contributed by atoms with Crippen molar-refractivity contribution in [3.8, 4) is 11.5 Å². The highest BCUT2D eigenvalue weighted by molar-refractivity contribution is 5.61. The van der Waals surface area contributed by atoms with Crippen molar-refractivity contribution in [3.05, 3.63) is 65.2 Å². The molecule has 2 aliphatic heterocycles. The average Bonchev–Trinajstić information content (AvgIpc) is 3.22. The van der Waals surface area contributed by atoms with Gasteiger partial charge in [0.25, 0.3) is 0 Å². The number of aryl methyl sites for hydroxylation is 1. The van der Waals surface area contributed by atoms with Crippen LogP contribution in [0.25, 0.3) is 0 Å². The standard InChI is InChI=1S/C20H19NO2/c1-12-5-7-17-16(9-12)14-3-2-4-15(14)20(21-17)13-6-8-18-19(10-13)23-11-22-18/h2-3,5-10,14-15,20-21H,4,11H2,1H3/t14-,15+,20+/m1/s1. The van der Waals surface area contributed by atoms with Gasteiger partial charge in [-0.3, -0.25) is 0 Å². The lowest BCUT2D eigenvalue weighted by Gasteiger charge is -2.37. The van der Waals surface area contributed by atoms with Gasteiger partial charge in [0.05, 0.1) is 6.04 Å². The Labute approximate surface area is 135 Å². The van der Waals surface area contributed by atoms with Crippen molar-refractivity contribution in [3.63, 3.8) is 0 Å². The fourth-order valence-corrected chi connectivity index (χ4v) is 4.15. The van der Waals surface area contributed by atoms with E-state index < -0.39 is 0 Å². The smallest absolute Gasteiger partial charge is 0.231 e. The maximum absolute atomic E-state index is 5.56. The molecule has 3 aliphatic rings. The zero-order chi connectivity index (χ0) is 15.4. The molecule has 0 saturated heterocycles. The molecule has 0 unspecified atom stereocenters. The van der Waals surface area contributed by atoms with E-state index >= 15 is 0 Å². The Balaban J connectivity index is 1.58. The molecule has 1 aliphatic carbocycles. The number of hydrogen-bond acceptors (Lipinski definition) is 3. The van der Waals surface area contributed by atoms with Crippen LogP contribution in [0.15, 0.2) is 48.6 Å². The molecule has 2 aromatic rings. The van der Waals surface area contributed by atoms with Crippen LogP contribution < -0.4 is 14.8 Å². The number of fused-ring (bicyclic) bond motifs is 4. The number of benzene rings is 2. The molecular formula is C20H19NO2. The molecular weight excluding hydrogens is 286 g/mol. The van der Waals surface area contributed by atoms with Crippen molar-refractivity contribution in [2.75, 3.05) is 12.1 Å². The van der Waals surface area contributed by atoms with Gasteiger partial charge >= 0.3 is 0 Å². The molecule has 23 heavy (non-hydrogen) atoms. The van der Waals surface area contributed by atoms with Gasteiger partial charge < -0.3 is 14.8 Å². The Hall–Kier alpha value is -2.42. The van der Waals surface area contributed by atoms with Crippen molar-refractivity contribution in [2.45, 2.75) is 25.3 Å². The van der Waals surface area contributed by atoms with Gasteiger partial charge in [-0.1, -0.05) is 35.9 Å². The molecule has 3 heteroatoms. The van der Waals surface area contributed by atoms with Crippen LogP contribution in [0.5, 0.6) is 11.5 Å². The predicted octanol–water partition coefficient (Wildman–Crippen LogP) is 4.55. The van der Waals surface area contributed by atoms with Crippen LogP contribution in [0, 0.1) is 12.8 Å². The lowest BCUT2D eigenvalue weighted by Crippen LogP contribution is -2.29. The van der Waals surface area contributed by atoms with E-state index in [0.29, 0.717) is 24.7 Å². The Morgan fingerprint density at radius 3 is 2.91 bits per heavy atom. The Morgan fingerprint density at radius 2 is 1.96 bits per heavy atom. The first-order chi connectivity index (χ1) is 11.3. The molecule has 0 saturated carbocycles. The molecule has 3 nitrogen and oxygen atoms in total. The summed E-state index contributed by atoms with van der Waals surface area (Å²) >= 11 is 0. The van der Waals surface area contributed by atoms with Crippen molar-refractivity contribution in [1.29, 1.82) is 0 Å². The Kier molecular flexibility index (Phi) is 2.72. The van der Waals surface area contributed by atoms with E-state index in [1.165, 1.54) is 22.4 Å². The number of hydrogen-bond donors (Lipinski definition) is 1. The molecule has 0 aromatic heterocycles. The summed E-state index contributed by atoms with van der Waals surface area (Å²) in [4.78, 5) is 0. The van der Waals surface area contributed by atoms with Gasteiger partial charge in [-0.05, 0) is 48.6 Å².